The van der Waals surface area contributed by atoms with Crippen LogP contribution in [0.4, 0.5) is 0 Å². The lowest BCUT2D eigenvalue weighted by Crippen LogP contribution is -2.64. The van der Waals surface area contributed by atoms with Crippen LogP contribution < -0.4 is 0 Å². The predicted molar refractivity (Wildman–Crippen MR) is 43.6 cm³/mol. The number of rotatable bonds is 5. The lowest BCUT2D eigenvalue weighted by atomic mass is 9.72. The number of carbonyl (C=O) groups is 4. The SMILES string of the molecule is CC(O)(C(=O)O)C(C(=O)O)(C(=O)O)C(=O)O. The Labute approximate surface area is 87.5 Å². The van der Waals surface area contributed by atoms with Crippen molar-refractivity contribution in [3.63, 3.8) is 0 Å². The van der Waals surface area contributed by atoms with Gasteiger partial charge in [0.25, 0.3) is 5.41 Å². The molecular formula is C7H8O9. The Morgan fingerprint density at radius 2 is 1.00 bits per heavy atom. The highest BCUT2D eigenvalue weighted by Gasteiger charge is 2.70. The number of aliphatic hydroxyl groups is 1. The number of hydrogen-bond acceptors (Lipinski definition) is 5. The Morgan fingerprint density at radius 3 is 1.06 bits per heavy atom. The predicted octanol–water partition coefficient (Wildman–Crippen LogP) is -1.94. The lowest BCUT2D eigenvalue weighted by Gasteiger charge is -2.31. The van der Waals surface area contributed by atoms with Gasteiger partial charge in [-0.3, -0.25) is 14.4 Å². The van der Waals surface area contributed by atoms with Crippen molar-refractivity contribution < 1.29 is 44.7 Å². The normalized spacial score (nSPS) is 14.9. The summed E-state index contributed by atoms with van der Waals surface area (Å²) >= 11 is 0. The third-order valence-corrected chi connectivity index (χ3v) is 2.11. The summed E-state index contributed by atoms with van der Waals surface area (Å²) in [4.78, 5) is 42.6. The van der Waals surface area contributed by atoms with Crippen molar-refractivity contribution in [2.24, 2.45) is 5.41 Å². The first kappa shape index (κ1) is 13.8. The van der Waals surface area contributed by atoms with E-state index in [1.165, 1.54) is 0 Å². The molecule has 0 aromatic rings. The molecule has 0 aliphatic carbocycles. The molecule has 0 radical (unpaired) electrons. The van der Waals surface area contributed by atoms with Gasteiger partial charge >= 0.3 is 23.9 Å². The molecular weight excluding hydrogens is 228 g/mol. The first-order valence-corrected chi connectivity index (χ1v) is 3.68. The monoisotopic (exact) mass is 236 g/mol. The van der Waals surface area contributed by atoms with E-state index in [2.05, 4.69) is 0 Å². The van der Waals surface area contributed by atoms with E-state index in [-0.39, 0.29) is 6.92 Å². The van der Waals surface area contributed by atoms with Crippen LogP contribution >= 0.6 is 0 Å². The van der Waals surface area contributed by atoms with Crippen molar-refractivity contribution in [2.75, 3.05) is 0 Å². The van der Waals surface area contributed by atoms with Crippen molar-refractivity contribution >= 4 is 23.9 Å². The fraction of sp³-hybridized carbons (Fsp3) is 0.429. The third-order valence-electron chi connectivity index (χ3n) is 2.11. The molecule has 0 amide bonds. The van der Waals surface area contributed by atoms with Crippen LogP contribution in [0.15, 0.2) is 0 Å². The summed E-state index contributed by atoms with van der Waals surface area (Å²) in [5, 5.41) is 43.4. The van der Waals surface area contributed by atoms with E-state index in [1.54, 1.807) is 0 Å². The van der Waals surface area contributed by atoms with Crippen molar-refractivity contribution in [1.29, 1.82) is 0 Å². The van der Waals surface area contributed by atoms with Crippen molar-refractivity contribution in [3.8, 4) is 0 Å². The second-order valence-electron chi connectivity index (χ2n) is 3.04. The van der Waals surface area contributed by atoms with Gasteiger partial charge in [-0.2, -0.15) is 0 Å². The molecule has 0 fully saturated rings. The molecule has 0 bridgehead atoms. The number of carboxylic acid groups (broad SMARTS) is 4. The van der Waals surface area contributed by atoms with Gasteiger partial charge in [-0.25, -0.2) is 4.79 Å². The maximum Gasteiger partial charge on any atom is 0.337 e. The van der Waals surface area contributed by atoms with E-state index in [0.29, 0.717) is 0 Å². The molecule has 1 unspecified atom stereocenters. The smallest absolute Gasteiger partial charge is 0.337 e. The molecule has 0 spiro atoms. The van der Waals surface area contributed by atoms with Crippen LogP contribution in [-0.4, -0.2) is 55.0 Å². The lowest BCUT2D eigenvalue weighted by molar-refractivity contribution is -0.203. The van der Waals surface area contributed by atoms with E-state index in [0.717, 1.165) is 0 Å². The van der Waals surface area contributed by atoms with Crippen molar-refractivity contribution in [3.05, 3.63) is 0 Å². The molecule has 16 heavy (non-hydrogen) atoms. The number of carboxylic acids is 4. The van der Waals surface area contributed by atoms with Crippen LogP contribution in [0, 0.1) is 5.41 Å². The van der Waals surface area contributed by atoms with Gasteiger partial charge in [0.15, 0.2) is 5.60 Å². The van der Waals surface area contributed by atoms with Gasteiger partial charge in [-0.1, -0.05) is 0 Å². The van der Waals surface area contributed by atoms with Crippen molar-refractivity contribution in [2.45, 2.75) is 12.5 Å². The summed E-state index contributed by atoms with van der Waals surface area (Å²) in [5.41, 5.74) is -7.38. The third kappa shape index (κ3) is 1.46. The second kappa shape index (κ2) is 3.77. The van der Waals surface area contributed by atoms with Gasteiger partial charge in [-0.15, -0.1) is 0 Å². The molecule has 0 saturated heterocycles. The van der Waals surface area contributed by atoms with Crippen LogP contribution in [0.2, 0.25) is 0 Å². The first-order chi connectivity index (χ1) is 7.02. The first-order valence-electron chi connectivity index (χ1n) is 3.68. The Kier molecular flexibility index (Phi) is 3.26. The fourth-order valence-corrected chi connectivity index (χ4v) is 1.06. The standard InChI is InChI=1S/C7H8O9/c1-6(16,2(8)9)7(3(10)11,4(12)13)5(14)15/h16H,1H3,(H,8,9)(H,10,11)(H,12,13)(H,14,15). The van der Waals surface area contributed by atoms with Gasteiger partial charge in [0.2, 0.25) is 0 Å². The van der Waals surface area contributed by atoms with E-state index >= 15 is 0 Å². The van der Waals surface area contributed by atoms with E-state index in [1.807, 2.05) is 0 Å². The van der Waals surface area contributed by atoms with Gasteiger partial charge in [0.1, 0.15) is 0 Å². The summed E-state index contributed by atoms with van der Waals surface area (Å²) in [5.74, 6) is -9.74. The Morgan fingerprint density at radius 1 is 0.750 bits per heavy atom. The summed E-state index contributed by atoms with van der Waals surface area (Å²) < 4.78 is 0. The average Bonchev–Trinajstić information content (AvgIpc) is 2.00. The van der Waals surface area contributed by atoms with Crippen molar-refractivity contribution in [1.82, 2.24) is 0 Å². The highest BCUT2D eigenvalue weighted by molar-refractivity contribution is 6.20. The molecule has 0 aromatic heterocycles. The molecule has 0 aliphatic rings. The Balaban J connectivity index is 6.14. The number of hydrogen-bond donors (Lipinski definition) is 5. The summed E-state index contributed by atoms with van der Waals surface area (Å²) in [6.45, 7) is 0.283. The molecule has 9 heteroatoms. The average molecular weight is 236 g/mol. The van der Waals surface area contributed by atoms with Gasteiger partial charge in [0.05, 0.1) is 0 Å². The van der Waals surface area contributed by atoms with Crippen LogP contribution in [0.1, 0.15) is 6.92 Å². The molecule has 5 N–H and O–H groups in total. The highest BCUT2D eigenvalue weighted by Crippen LogP contribution is 2.33. The molecule has 1 atom stereocenters. The fourth-order valence-electron chi connectivity index (χ4n) is 1.06. The van der Waals surface area contributed by atoms with E-state index < -0.39 is 34.9 Å². The van der Waals surface area contributed by atoms with Crippen LogP contribution in [-0.2, 0) is 19.2 Å². The molecule has 9 nitrogen and oxygen atoms in total. The topological polar surface area (TPSA) is 169 Å². The molecule has 90 valence electrons. The zero-order valence-corrected chi connectivity index (χ0v) is 7.87. The van der Waals surface area contributed by atoms with Gasteiger partial charge < -0.3 is 25.5 Å². The van der Waals surface area contributed by atoms with E-state index in [4.69, 9.17) is 20.4 Å². The zero-order chi connectivity index (χ0) is 13.3. The quantitative estimate of drug-likeness (QED) is 0.340. The molecule has 0 rings (SSSR count). The van der Waals surface area contributed by atoms with Crippen LogP contribution in [0.25, 0.3) is 0 Å². The molecule has 0 heterocycles. The second-order valence-corrected chi connectivity index (χ2v) is 3.04. The van der Waals surface area contributed by atoms with Gasteiger partial charge in [-0.05, 0) is 6.92 Å². The summed E-state index contributed by atoms with van der Waals surface area (Å²) in [6, 6.07) is 0. The summed E-state index contributed by atoms with van der Waals surface area (Å²) in [6.07, 6.45) is 0. The maximum atomic E-state index is 10.7. The minimum atomic E-state index is -3.88. The minimum absolute atomic E-state index is 0.283. The summed E-state index contributed by atoms with van der Waals surface area (Å²) in [7, 11) is 0. The molecule has 0 saturated carbocycles. The zero-order valence-electron chi connectivity index (χ0n) is 7.87. The minimum Gasteiger partial charge on any atom is -0.480 e. The van der Waals surface area contributed by atoms with E-state index in [9.17, 15) is 24.3 Å². The maximum absolute atomic E-state index is 10.7. The number of aliphatic carboxylic acids is 4. The molecule has 0 aromatic carbocycles. The highest BCUT2D eigenvalue weighted by atomic mass is 16.4. The molecule has 0 aliphatic heterocycles. The Hall–Kier alpha value is -2.16. The van der Waals surface area contributed by atoms with Gasteiger partial charge in [0, 0.05) is 0 Å². The van der Waals surface area contributed by atoms with Crippen LogP contribution in [0.5, 0.6) is 0 Å². The largest absolute Gasteiger partial charge is 0.480 e. The van der Waals surface area contributed by atoms with Crippen LogP contribution in [0.3, 0.4) is 0 Å². The Bertz CT molecular complexity index is 330.